The van der Waals surface area contributed by atoms with Crippen molar-refractivity contribution < 1.29 is 0 Å². The highest BCUT2D eigenvalue weighted by Gasteiger charge is 2.24. The molecule has 1 atom stereocenters. The molecule has 0 radical (unpaired) electrons. The number of nitrogens with zero attached hydrogens (tertiary/aromatic N) is 4. The van der Waals surface area contributed by atoms with Crippen LogP contribution >= 0.6 is 15.9 Å². The molecular formula is C13H19BrN4. The molecule has 0 saturated carbocycles. The molecule has 0 spiro atoms. The van der Waals surface area contributed by atoms with Gasteiger partial charge < -0.3 is 4.40 Å². The summed E-state index contributed by atoms with van der Waals surface area (Å²) in [5.74, 6) is 0. The SMILES string of the molecule is CC.CN1CCCC1c1cn2cc(Br)ncc2n1. The second-order valence-electron chi connectivity index (χ2n) is 4.28. The van der Waals surface area contributed by atoms with E-state index >= 15 is 0 Å². The Balaban J connectivity index is 0.000000574. The average Bonchev–Trinajstić information content (AvgIpc) is 2.96. The zero-order valence-electron chi connectivity index (χ0n) is 11.1. The summed E-state index contributed by atoms with van der Waals surface area (Å²) in [7, 11) is 2.16. The Morgan fingerprint density at radius 1 is 1.33 bits per heavy atom. The Morgan fingerprint density at radius 2 is 2.11 bits per heavy atom. The molecule has 3 rings (SSSR count). The van der Waals surface area contributed by atoms with E-state index < -0.39 is 0 Å². The highest BCUT2D eigenvalue weighted by atomic mass is 79.9. The quantitative estimate of drug-likeness (QED) is 0.810. The number of imidazole rings is 1. The van der Waals surface area contributed by atoms with Crippen molar-refractivity contribution in [2.75, 3.05) is 13.6 Å². The third kappa shape index (κ3) is 2.57. The molecule has 4 nitrogen and oxygen atoms in total. The molecule has 0 aliphatic carbocycles. The first-order chi connectivity index (χ1) is 8.74. The first-order valence-electron chi connectivity index (χ1n) is 6.44. The Kier molecular flexibility index (Phi) is 4.35. The maximum Gasteiger partial charge on any atom is 0.155 e. The summed E-state index contributed by atoms with van der Waals surface area (Å²) in [5, 5.41) is 0. The van der Waals surface area contributed by atoms with Crippen LogP contribution in [0, 0.1) is 0 Å². The second-order valence-corrected chi connectivity index (χ2v) is 5.09. The van der Waals surface area contributed by atoms with Crippen LogP contribution in [-0.4, -0.2) is 32.9 Å². The van der Waals surface area contributed by atoms with Crippen molar-refractivity contribution in [1.29, 1.82) is 0 Å². The van der Waals surface area contributed by atoms with Crippen LogP contribution in [0.25, 0.3) is 5.65 Å². The molecule has 0 N–H and O–H groups in total. The fraction of sp³-hybridized carbons (Fsp3) is 0.538. The van der Waals surface area contributed by atoms with Crippen molar-refractivity contribution in [2.24, 2.45) is 0 Å². The minimum absolute atomic E-state index is 0.471. The molecule has 1 saturated heterocycles. The number of likely N-dealkylation sites (tertiary alicyclic amines) is 1. The number of fused-ring (bicyclic) bond motifs is 1. The lowest BCUT2D eigenvalue weighted by Gasteiger charge is -2.16. The van der Waals surface area contributed by atoms with E-state index in [-0.39, 0.29) is 0 Å². The van der Waals surface area contributed by atoms with Gasteiger partial charge >= 0.3 is 0 Å². The van der Waals surface area contributed by atoms with Gasteiger partial charge in [-0.2, -0.15) is 0 Å². The zero-order chi connectivity index (χ0) is 13.1. The molecule has 0 aromatic carbocycles. The van der Waals surface area contributed by atoms with E-state index in [0.717, 1.165) is 15.9 Å². The molecule has 5 heteroatoms. The first kappa shape index (κ1) is 13.5. The highest BCUT2D eigenvalue weighted by molar-refractivity contribution is 9.10. The van der Waals surface area contributed by atoms with E-state index in [4.69, 9.17) is 0 Å². The summed E-state index contributed by atoms with van der Waals surface area (Å²) >= 11 is 3.37. The van der Waals surface area contributed by atoms with Crippen LogP contribution in [-0.2, 0) is 0 Å². The van der Waals surface area contributed by atoms with Gasteiger partial charge in [0.1, 0.15) is 4.60 Å². The van der Waals surface area contributed by atoms with Gasteiger partial charge in [-0.05, 0) is 42.4 Å². The van der Waals surface area contributed by atoms with Crippen molar-refractivity contribution in [3.8, 4) is 0 Å². The molecule has 0 bridgehead atoms. The number of aromatic nitrogens is 3. The van der Waals surface area contributed by atoms with E-state index in [9.17, 15) is 0 Å². The number of rotatable bonds is 1. The molecule has 1 aliphatic heterocycles. The molecule has 0 amide bonds. The molecule has 98 valence electrons. The summed E-state index contributed by atoms with van der Waals surface area (Å²) in [4.78, 5) is 11.2. The third-order valence-electron chi connectivity index (χ3n) is 3.19. The molecule has 18 heavy (non-hydrogen) atoms. The van der Waals surface area contributed by atoms with Gasteiger partial charge in [0.15, 0.2) is 5.65 Å². The summed E-state index contributed by atoms with van der Waals surface area (Å²) in [5.41, 5.74) is 2.07. The fourth-order valence-electron chi connectivity index (χ4n) is 2.34. The Morgan fingerprint density at radius 3 is 2.78 bits per heavy atom. The zero-order valence-corrected chi connectivity index (χ0v) is 12.7. The second kappa shape index (κ2) is 5.80. The van der Waals surface area contributed by atoms with Gasteiger partial charge in [-0.3, -0.25) is 4.90 Å². The topological polar surface area (TPSA) is 33.4 Å². The summed E-state index contributed by atoms with van der Waals surface area (Å²) < 4.78 is 2.86. The van der Waals surface area contributed by atoms with Crippen LogP contribution in [0.2, 0.25) is 0 Å². The van der Waals surface area contributed by atoms with E-state index in [1.165, 1.54) is 19.4 Å². The van der Waals surface area contributed by atoms with Gasteiger partial charge in [-0.15, -0.1) is 0 Å². The van der Waals surface area contributed by atoms with Gasteiger partial charge in [0.25, 0.3) is 0 Å². The van der Waals surface area contributed by atoms with E-state index in [1.54, 1.807) is 6.20 Å². The van der Waals surface area contributed by atoms with Crippen molar-refractivity contribution in [3.05, 3.63) is 28.9 Å². The van der Waals surface area contributed by atoms with Crippen molar-refractivity contribution in [3.63, 3.8) is 0 Å². The van der Waals surface area contributed by atoms with E-state index in [0.29, 0.717) is 6.04 Å². The minimum atomic E-state index is 0.471. The summed E-state index contributed by atoms with van der Waals surface area (Å²) in [6, 6.07) is 0.471. The minimum Gasteiger partial charge on any atom is -0.303 e. The summed E-state index contributed by atoms with van der Waals surface area (Å²) in [6.07, 6.45) is 8.31. The third-order valence-corrected chi connectivity index (χ3v) is 3.60. The lowest BCUT2D eigenvalue weighted by atomic mass is 10.2. The fourth-order valence-corrected chi connectivity index (χ4v) is 2.66. The highest BCUT2D eigenvalue weighted by Crippen LogP contribution is 2.29. The largest absolute Gasteiger partial charge is 0.303 e. The smallest absolute Gasteiger partial charge is 0.155 e. The molecule has 1 unspecified atom stereocenters. The van der Waals surface area contributed by atoms with E-state index in [1.807, 2.05) is 24.4 Å². The molecular weight excluding hydrogens is 292 g/mol. The number of hydrogen-bond acceptors (Lipinski definition) is 3. The van der Waals surface area contributed by atoms with Gasteiger partial charge in [0, 0.05) is 12.4 Å². The van der Waals surface area contributed by atoms with Crippen LogP contribution in [0.15, 0.2) is 23.2 Å². The number of hydrogen-bond donors (Lipinski definition) is 0. The standard InChI is InChI=1S/C11H13BrN4.C2H6/c1-15-4-2-3-9(15)8-6-16-7-10(12)13-5-11(16)14-8;1-2/h5-7,9H,2-4H2,1H3;1-2H3. The van der Waals surface area contributed by atoms with Crippen molar-refractivity contribution in [1.82, 2.24) is 19.3 Å². The monoisotopic (exact) mass is 310 g/mol. The van der Waals surface area contributed by atoms with Gasteiger partial charge in [-0.1, -0.05) is 13.8 Å². The van der Waals surface area contributed by atoms with Crippen LogP contribution in [0.3, 0.4) is 0 Å². The maximum absolute atomic E-state index is 4.62. The van der Waals surface area contributed by atoms with Gasteiger partial charge in [0.05, 0.1) is 17.9 Å². The normalized spacial score (nSPS) is 19.9. The molecule has 1 aliphatic rings. The van der Waals surface area contributed by atoms with Gasteiger partial charge in [-0.25, -0.2) is 9.97 Å². The predicted molar refractivity (Wildman–Crippen MR) is 76.6 cm³/mol. The Hall–Kier alpha value is -0.940. The maximum atomic E-state index is 4.62. The van der Waals surface area contributed by atoms with E-state index in [2.05, 4.69) is 44.0 Å². The lowest BCUT2D eigenvalue weighted by Crippen LogP contribution is -2.17. The Labute approximate surface area is 116 Å². The molecule has 2 aromatic rings. The Bertz CT molecular complexity index is 523. The van der Waals surface area contributed by atoms with Crippen LogP contribution < -0.4 is 0 Å². The summed E-state index contributed by atoms with van der Waals surface area (Å²) in [6.45, 7) is 5.17. The van der Waals surface area contributed by atoms with Crippen LogP contribution in [0.4, 0.5) is 0 Å². The molecule has 1 fully saturated rings. The van der Waals surface area contributed by atoms with Crippen molar-refractivity contribution >= 4 is 21.6 Å². The predicted octanol–water partition coefficient (Wildman–Crippen LogP) is 3.28. The lowest BCUT2D eigenvalue weighted by molar-refractivity contribution is 0.313. The average molecular weight is 311 g/mol. The molecule has 2 aromatic heterocycles. The van der Waals surface area contributed by atoms with Crippen LogP contribution in [0.1, 0.15) is 38.4 Å². The van der Waals surface area contributed by atoms with Gasteiger partial charge in [0.2, 0.25) is 0 Å². The first-order valence-corrected chi connectivity index (χ1v) is 7.24. The van der Waals surface area contributed by atoms with Crippen LogP contribution in [0.5, 0.6) is 0 Å². The van der Waals surface area contributed by atoms with Crippen molar-refractivity contribution in [2.45, 2.75) is 32.7 Å². The molecule has 3 heterocycles. The number of halogens is 1.